The van der Waals surface area contributed by atoms with Gasteiger partial charge in [0, 0.05) is 35.5 Å². The van der Waals surface area contributed by atoms with E-state index in [9.17, 15) is 9.59 Å². The van der Waals surface area contributed by atoms with Gasteiger partial charge in [0.1, 0.15) is 10.8 Å². The molecule has 0 saturated carbocycles. The normalized spacial score (nSPS) is 21.6. The zero-order valence-corrected chi connectivity index (χ0v) is 17.1. The van der Waals surface area contributed by atoms with Crippen molar-refractivity contribution in [3.63, 3.8) is 0 Å². The molecule has 8 nitrogen and oxygen atoms in total. The van der Waals surface area contributed by atoms with E-state index in [2.05, 4.69) is 20.0 Å². The Bertz CT molecular complexity index is 1130. The van der Waals surface area contributed by atoms with E-state index in [0.29, 0.717) is 6.54 Å². The average molecular weight is 417 g/mol. The van der Waals surface area contributed by atoms with Gasteiger partial charge < -0.3 is 0 Å². The monoisotopic (exact) mass is 416 g/mol. The largest absolute Gasteiger partial charge is 0.332 e. The number of thiazole rings is 2. The van der Waals surface area contributed by atoms with Crippen LogP contribution in [0.4, 0.5) is 0 Å². The zero-order valence-electron chi connectivity index (χ0n) is 15.5. The number of fused-ring (bicyclic) bond motifs is 2. The molecule has 2 aliphatic rings. The first-order valence-electron chi connectivity index (χ1n) is 9.28. The number of hydrogen-bond acceptors (Lipinski definition) is 8. The Morgan fingerprint density at radius 2 is 2.00 bits per heavy atom. The number of aromatic nitrogens is 5. The second kappa shape index (κ2) is 6.71. The van der Waals surface area contributed by atoms with Gasteiger partial charge in [-0.05, 0) is 26.3 Å². The second-order valence-electron chi connectivity index (χ2n) is 7.52. The van der Waals surface area contributed by atoms with E-state index >= 15 is 0 Å². The average Bonchev–Trinajstić information content (AvgIpc) is 3.45. The van der Waals surface area contributed by atoms with Crippen LogP contribution in [0.1, 0.15) is 34.4 Å². The lowest BCUT2D eigenvalue weighted by molar-refractivity contribution is 0.297. The standard InChI is InChI=1S/C18H20N6O2S2/c1-12-20-13(10-28-12)8-24-16(26)15(25)23-6-3-18(17(23)21-24)2-5-22(11-18)9-14-19-4-7-27-14/h4,7,10H,2-3,5-6,8-9,11H2,1H3/t18-/m1/s1. The van der Waals surface area contributed by atoms with E-state index in [0.717, 1.165) is 54.0 Å². The van der Waals surface area contributed by atoms with Crippen molar-refractivity contribution in [1.82, 2.24) is 29.2 Å². The molecule has 2 aliphatic heterocycles. The Kier molecular flexibility index (Phi) is 4.29. The second-order valence-corrected chi connectivity index (χ2v) is 9.56. The van der Waals surface area contributed by atoms with Crippen LogP contribution in [0, 0.1) is 6.92 Å². The molecular formula is C18H20N6O2S2. The molecule has 1 atom stereocenters. The maximum Gasteiger partial charge on any atom is 0.332 e. The van der Waals surface area contributed by atoms with Crippen LogP contribution in [0.25, 0.3) is 0 Å². The molecule has 5 heterocycles. The predicted octanol–water partition coefficient (Wildman–Crippen LogP) is 1.22. The summed E-state index contributed by atoms with van der Waals surface area (Å²) < 4.78 is 2.90. The van der Waals surface area contributed by atoms with Gasteiger partial charge in [0.25, 0.3) is 0 Å². The fourth-order valence-electron chi connectivity index (χ4n) is 4.32. The number of rotatable bonds is 4. The topological polar surface area (TPSA) is 85.9 Å². The van der Waals surface area contributed by atoms with Crippen LogP contribution in [0.2, 0.25) is 0 Å². The summed E-state index contributed by atoms with van der Waals surface area (Å²) in [5.41, 5.74) is -0.425. The summed E-state index contributed by atoms with van der Waals surface area (Å²) in [6.45, 7) is 5.34. The maximum absolute atomic E-state index is 12.7. The molecule has 0 unspecified atom stereocenters. The van der Waals surface area contributed by atoms with Crippen molar-refractivity contribution in [3.8, 4) is 0 Å². The minimum absolute atomic E-state index is 0.163. The lowest BCUT2D eigenvalue weighted by Gasteiger charge is -2.23. The van der Waals surface area contributed by atoms with Gasteiger partial charge in [-0.25, -0.2) is 14.6 Å². The molecule has 0 amide bonds. The van der Waals surface area contributed by atoms with Crippen molar-refractivity contribution in [2.75, 3.05) is 13.1 Å². The summed E-state index contributed by atoms with van der Waals surface area (Å²) in [4.78, 5) is 36.4. The SMILES string of the molecule is Cc1nc(Cn2nc3n(c(=O)c2=O)CC[C@@]32CCN(Cc3nccs3)C2)cs1. The highest BCUT2D eigenvalue weighted by Crippen LogP contribution is 2.40. The van der Waals surface area contributed by atoms with Gasteiger partial charge in [-0.1, -0.05) is 0 Å². The van der Waals surface area contributed by atoms with Crippen LogP contribution in [-0.4, -0.2) is 42.3 Å². The van der Waals surface area contributed by atoms with Crippen LogP contribution in [0.3, 0.4) is 0 Å². The third kappa shape index (κ3) is 2.96. The molecule has 10 heteroatoms. The first kappa shape index (κ1) is 17.9. The van der Waals surface area contributed by atoms with E-state index in [-0.39, 0.29) is 12.0 Å². The molecule has 1 fully saturated rings. The lowest BCUT2D eigenvalue weighted by Crippen LogP contribution is -2.45. The minimum atomic E-state index is -0.566. The van der Waals surface area contributed by atoms with E-state index in [4.69, 9.17) is 0 Å². The minimum Gasteiger partial charge on any atom is -0.296 e. The quantitative estimate of drug-likeness (QED) is 0.595. The molecular weight excluding hydrogens is 396 g/mol. The van der Waals surface area contributed by atoms with Crippen molar-refractivity contribution < 1.29 is 0 Å². The molecule has 0 bridgehead atoms. The summed E-state index contributed by atoms with van der Waals surface area (Å²) in [6, 6.07) is 0. The lowest BCUT2D eigenvalue weighted by atomic mass is 9.85. The van der Waals surface area contributed by atoms with E-state index in [1.807, 2.05) is 23.9 Å². The molecule has 3 aromatic rings. The van der Waals surface area contributed by atoms with Crippen molar-refractivity contribution in [3.05, 3.63) is 59.2 Å². The van der Waals surface area contributed by atoms with Gasteiger partial charge in [-0.3, -0.25) is 19.1 Å². The molecule has 1 spiro atoms. The predicted molar refractivity (Wildman–Crippen MR) is 107 cm³/mol. The zero-order chi connectivity index (χ0) is 19.3. The van der Waals surface area contributed by atoms with Crippen LogP contribution in [0.5, 0.6) is 0 Å². The molecule has 0 aliphatic carbocycles. The summed E-state index contributed by atoms with van der Waals surface area (Å²) in [6.07, 6.45) is 3.62. The van der Waals surface area contributed by atoms with Crippen molar-refractivity contribution in [1.29, 1.82) is 0 Å². The number of nitrogens with zero attached hydrogens (tertiary/aromatic N) is 6. The highest BCUT2D eigenvalue weighted by Gasteiger charge is 2.47. The first-order valence-corrected chi connectivity index (χ1v) is 11.0. The fraction of sp³-hybridized carbons (Fsp3) is 0.500. The van der Waals surface area contributed by atoms with Crippen LogP contribution in [-0.2, 0) is 25.0 Å². The van der Waals surface area contributed by atoms with Crippen molar-refractivity contribution >= 4 is 22.7 Å². The van der Waals surface area contributed by atoms with Crippen LogP contribution < -0.4 is 11.1 Å². The summed E-state index contributed by atoms with van der Waals surface area (Å²) in [5.74, 6) is 0.755. The van der Waals surface area contributed by atoms with E-state index in [1.54, 1.807) is 15.9 Å². The molecule has 3 aromatic heterocycles. The Morgan fingerprint density at radius 1 is 1.14 bits per heavy atom. The number of likely N-dealkylation sites (tertiary alicyclic amines) is 1. The number of hydrogen-bond donors (Lipinski definition) is 0. The maximum atomic E-state index is 12.7. The molecule has 0 radical (unpaired) electrons. The van der Waals surface area contributed by atoms with Gasteiger partial charge in [0.2, 0.25) is 0 Å². The van der Waals surface area contributed by atoms with Crippen LogP contribution >= 0.6 is 22.7 Å². The van der Waals surface area contributed by atoms with Gasteiger partial charge in [-0.2, -0.15) is 5.10 Å². The summed E-state index contributed by atoms with van der Waals surface area (Å²) >= 11 is 3.19. The van der Waals surface area contributed by atoms with Gasteiger partial charge in [-0.15, -0.1) is 22.7 Å². The molecule has 28 heavy (non-hydrogen) atoms. The summed E-state index contributed by atoms with van der Waals surface area (Å²) in [5, 5.41) is 10.6. The Hall–Kier alpha value is -2.17. The Labute approximate surface area is 169 Å². The molecule has 146 valence electrons. The summed E-state index contributed by atoms with van der Waals surface area (Å²) in [7, 11) is 0. The molecule has 0 N–H and O–H groups in total. The highest BCUT2D eigenvalue weighted by molar-refractivity contribution is 7.09. The third-order valence-corrected chi connectivity index (χ3v) is 7.26. The Morgan fingerprint density at radius 3 is 2.75 bits per heavy atom. The first-order chi connectivity index (χ1) is 13.5. The molecule has 5 rings (SSSR count). The van der Waals surface area contributed by atoms with E-state index in [1.165, 1.54) is 16.0 Å². The van der Waals surface area contributed by atoms with Crippen LogP contribution in [0.15, 0.2) is 26.5 Å². The van der Waals surface area contributed by atoms with Crippen molar-refractivity contribution in [2.45, 2.75) is 44.8 Å². The molecule has 1 saturated heterocycles. The third-order valence-electron chi connectivity index (χ3n) is 5.68. The number of aryl methyl sites for hydroxylation is 1. The van der Waals surface area contributed by atoms with Gasteiger partial charge in [0.05, 0.1) is 23.8 Å². The van der Waals surface area contributed by atoms with Gasteiger partial charge in [0.15, 0.2) is 0 Å². The van der Waals surface area contributed by atoms with Crippen molar-refractivity contribution in [2.24, 2.45) is 0 Å². The highest BCUT2D eigenvalue weighted by atomic mass is 32.1. The fourth-order valence-corrected chi connectivity index (χ4v) is 5.58. The molecule has 0 aromatic carbocycles. The Balaban J connectivity index is 1.47. The van der Waals surface area contributed by atoms with Gasteiger partial charge >= 0.3 is 11.1 Å². The smallest absolute Gasteiger partial charge is 0.296 e. The van der Waals surface area contributed by atoms with E-state index < -0.39 is 11.1 Å².